The van der Waals surface area contributed by atoms with Crippen LogP contribution in [0.1, 0.15) is 11.1 Å². The molecular formula is C13H13NO6Zn. The van der Waals surface area contributed by atoms with E-state index in [1.54, 1.807) is 13.0 Å². The number of carbonyl (C=O) groups is 1. The molecule has 108 valence electrons. The molecule has 0 fully saturated rings. The maximum Gasteiger partial charge on any atom is 2.00 e. The Morgan fingerprint density at radius 3 is 2.67 bits per heavy atom. The quantitative estimate of drug-likeness (QED) is 0.512. The number of aryl methyl sites for hydroxylation is 1. The van der Waals surface area contributed by atoms with Crippen molar-refractivity contribution in [1.29, 1.82) is 0 Å². The Kier molecular flexibility index (Phi) is 7.22. The molecule has 1 heterocycles. The van der Waals surface area contributed by atoms with Crippen LogP contribution in [-0.2, 0) is 30.8 Å². The fraction of sp³-hybridized carbons (Fsp3) is 0.231. The van der Waals surface area contributed by atoms with Crippen molar-refractivity contribution in [2.75, 3.05) is 6.54 Å². The molecule has 1 aromatic carbocycles. The fourth-order valence-electron chi connectivity index (χ4n) is 1.88. The van der Waals surface area contributed by atoms with Gasteiger partial charge in [0.1, 0.15) is 5.58 Å². The van der Waals surface area contributed by atoms with E-state index in [-0.39, 0.29) is 54.9 Å². The maximum absolute atomic E-state index is 11.8. The van der Waals surface area contributed by atoms with Crippen LogP contribution >= 0.6 is 0 Å². The minimum atomic E-state index is -1.27. The number of carboxylic acid groups (broad SMARTS) is 1. The number of rotatable bonds is 4. The van der Waals surface area contributed by atoms with E-state index in [1.165, 1.54) is 12.1 Å². The van der Waals surface area contributed by atoms with Crippen LogP contribution in [0.3, 0.4) is 0 Å². The predicted molar refractivity (Wildman–Crippen MR) is 67.0 cm³/mol. The molecule has 0 unspecified atom stereocenters. The van der Waals surface area contributed by atoms with E-state index < -0.39 is 11.6 Å². The number of aliphatic carboxylic acids is 1. The van der Waals surface area contributed by atoms with Crippen molar-refractivity contribution in [1.82, 2.24) is 5.32 Å². The van der Waals surface area contributed by atoms with Crippen molar-refractivity contribution < 1.29 is 44.4 Å². The van der Waals surface area contributed by atoms with Gasteiger partial charge in [-0.1, -0.05) is 12.1 Å². The predicted octanol–water partition coefficient (Wildman–Crippen LogP) is -1.81. The molecule has 0 amide bonds. The molecule has 3 N–H and O–H groups in total. The standard InChI is InChI=1S/C13H13NO5.H2O.Zn/c1-7-4-12(18)19-13-8(7)2-3-10(15)9(13)5-14-6-11(16)17;;/h2-4,14-15H,5-6H2,1H3,(H,16,17);1H2;/q;;+2/p-2. The van der Waals surface area contributed by atoms with Crippen molar-refractivity contribution in [2.24, 2.45) is 0 Å². The average Bonchev–Trinajstić information content (AvgIpc) is 2.31. The Bertz CT molecular complexity index is 697. The first-order valence-electron chi connectivity index (χ1n) is 5.63. The van der Waals surface area contributed by atoms with Gasteiger partial charge in [-0.05, 0) is 12.5 Å². The fourth-order valence-corrected chi connectivity index (χ4v) is 1.88. The van der Waals surface area contributed by atoms with Crippen molar-refractivity contribution in [2.45, 2.75) is 13.5 Å². The molecule has 0 saturated heterocycles. The topological polar surface area (TPSA) is 137 Å². The summed E-state index contributed by atoms with van der Waals surface area (Å²) in [6.45, 7) is 1.35. The second-order valence-corrected chi connectivity index (χ2v) is 4.14. The van der Waals surface area contributed by atoms with E-state index in [0.29, 0.717) is 10.9 Å². The number of carbonyl (C=O) groups excluding carboxylic acids is 1. The molecule has 0 spiro atoms. The van der Waals surface area contributed by atoms with Gasteiger partial charge in [-0.15, -0.1) is 5.75 Å². The molecule has 2 aromatic rings. The molecule has 0 radical (unpaired) electrons. The monoisotopic (exact) mass is 343 g/mol. The molecule has 8 heteroatoms. The van der Waals surface area contributed by atoms with Crippen molar-refractivity contribution in [3.05, 3.63) is 39.7 Å². The van der Waals surface area contributed by atoms with Crippen LogP contribution in [-0.4, -0.2) is 18.0 Å². The van der Waals surface area contributed by atoms with Crippen molar-refractivity contribution >= 4 is 16.9 Å². The molecule has 2 rings (SSSR count). The largest absolute Gasteiger partial charge is 2.00 e. The Morgan fingerprint density at radius 2 is 2.05 bits per heavy atom. The molecule has 0 saturated carbocycles. The Labute approximate surface area is 132 Å². The number of benzene rings is 1. The summed E-state index contributed by atoms with van der Waals surface area (Å²) in [5, 5.41) is 25.3. The van der Waals surface area contributed by atoms with Crippen LogP contribution in [0.4, 0.5) is 0 Å². The molecule has 0 aliphatic rings. The number of hydrogen-bond donors (Lipinski definition) is 1. The summed E-state index contributed by atoms with van der Waals surface area (Å²) in [5.41, 5.74) is 0.590. The maximum atomic E-state index is 11.8. The molecule has 1 aromatic heterocycles. The van der Waals surface area contributed by atoms with Gasteiger partial charge in [-0.2, -0.15) is 0 Å². The first-order chi connectivity index (χ1) is 8.99. The van der Waals surface area contributed by atoms with Crippen LogP contribution in [0.15, 0.2) is 27.4 Å². The third-order valence-corrected chi connectivity index (χ3v) is 2.75. The van der Waals surface area contributed by atoms with Gasteiger partial charge in [0.05, 0.1) is 5.97 Å². The smallest absolute Gasteiger partial charge is 0.872 e. The van der Waals surface area contributed by atoms with Crippen LogP contribution in [0.25, 0.3) is 11.0 Å². The van der Waals surface area contributed by atoms with Gasteiger partial charge in [0, 0.05) is 30.1 Å². The summed E-state index contributed by atoms with van der Waals surface area (Å²) in [4.78, 5) is 21.7. The van der Waals surface area contributed by atoms with Crippen molar-refractivity contribution in [3.63, 3.8) is 0 Å². The summed E-state index contributed by atoms with van der Waals surface area (Å²) in [6.07, 6.45) is 0. The van der Waals surface area contributed by atoms with E-state index >= 15 is 0 Å². The van der Waals surface area contributed by atoms with Gasteiger partial charge in [0.2, 0.25) is 0 Å². The number of carboxylic acids is 1. The third kappa shape index (κ3) is 4.36. The summed E-state index contributed by atoms with van der Waals surface area (Å²) in [5.74, 6) is -1.59. The first-order valence-corrected chi connectivity index (χ1v) is 5.63. The van der Waals surface area contributed by atoms with Crippen LogP contribution < -0.4 is 21.2 Å². The molecule has 21 heavy (non-hydrogen) atoms. The van der Waals surface area contributed by atoms with Gasteiger partial charge >= 0.3 is 25.1 Å². The zero-order valence-corrected chi connectivity index (χ0v) is 14.4. The Hall–Kier alpha value is -1.76. The zero-order valence-electron chi connectivity index (χ0n) is 11.4. The van der Waals surface area contributed by atoms with E-state index in [4.69, 9.17) is 4.42 Å². The number of hydrogen-bond acceptors (Lipinski definition) is 6. The van der Waals surface area contributed by atoms with Gasteiger partial charge in [-0.3, -0.25) is 0 Å². The Balaban J connectivity index is 0.00000200. The van der Waals surface area contributed by atoms with E-state index in [0.717, 1.165) is 0 Å². The summed E-state index contributed by atoms with van der Waals surface area (Å²) in [7, 11) is 0. The molecule has 7 nitrogen and oxygen atoms in total. The van der Waals surface area contributed by atoms with E-state index in [1.807, 2.05) is 0 Å². The first kappa shape index (κ1) is 19.2. The second-order valence-electron chi connectivity index (χ2n) is 4.14. The zero-order chi connectivity index (χ0) is 14.0. The number of nitrogens with one attached hydrogen (secondary N) is 1. The van der Waals surface area contributed by atoms with E-state index in [9.17, 15) is 19.8 Å². The van der Waals surface area contributed by atoms with Crippen LogP contribution in [0.5, 0.6) is 5.75 Å². The van der Waals surface area contributed by atoms with Gasteiger partial charge in [0.25, 0.3) is 0 Å². The Morgan fingerprint density at radius 1 is 1.38 bits per heavy atom. The molecule has 0 atom stereocenters. The number of fused-ring (bicyclic) bond motifs is 1. The summed E-state index contributed by atoms with van der Waals surface area (Å²) in [6, 6.07) is 4.29. The van der Waals surface area contributed by atoms with Crippen LogP contribution in [0.2, 0.25) is 0 Å². The van der Waals surface area contributed by atoms with Gasteiger partial charge < -0.3 is 30.2 Å². The SMILES string of the molecule is Cc1cc(=O)oc2c(CNCC(=O)[O-])c([O-])ccc12.O.[Zn+2]. The molecule has 0 aliphatic heterocycles. The summed E-state index contributed by atoms with van der Waals surface area (Å²) < 4.78 is 5.05. The minimum absolute atomic E-state index is 0. The minimum Gasteiger partial charge on any atom is -0.872 e. The van der Waals surface area contributed by atoms with Crippen molar-refractivity contribution in [3.8, 4) is 5.75 Å². The van der Waals surface area contributed by atoms with Gasteiger partial charge in [-0.25, -0.2) is 4.79 Å². The average molecular weight is 345 g/mol. The molecule has 0 bridgehead atoms. The molecular weight excluding hydrogens is 332 g/mol. The van der Waals surface area contributed by atoms with Gasteiger partial charge in [0.15, 0.2) is 0 Å². The summed E-state index contributed by atoms with van der Waals surface area (Å²) >= 11 is 0. The van der Waals surface area contributed by atoms with E-state index in [2.05, 4.69) is 5.32 Å². The third-order valence-electron chi connectivity index (χ3n) is 2.75. The normalized spacial score (nSPS) is 9.76. The molecule has 0 aliphatic carbocycles. The second kappa shape index (κ2) is 7.88. The van der Waals surface area contributed by atoms with Crippen LogP contribution in [0, 0.1) is 6.92 Å².